The molecule has 5 fully saturated rings. The van der Waals surface area contributed by atoms with Crippen LogP contribution in [0.4, 0.5) is 0 Å². The highest BCUT2D eigenvalue weighted by Crippen LogP contribution is 2.69. The molecule has 0 radical (unpaired) electrons. The van der Waals surface area contributed by atoms with Crippen molar-refractivity contribution in [2.45, 2.75) is 82.5 Å². The third kappa shape index (κ3) is 3.49. The first-order chi connectivity index (χ1) is 14.0. The Hall–Kier alpha value is -1.16. The minimum atomic E-state index is -0.609. The van der Waals surface area contributed by atoms with Gasteiger partial charge in [0.15, 0.2) is 0 Å². The van der Waals surface area contributed by atoms with E-state index in [9.17, 15) is 15.3 Å². The molecule has 5 saturated carbocycles. The molecule has 1 unspecified atom stereocenters. The lowest BCUT2D eigenvalue weighted by Crippen LogP contribution is -2.49. The zero-order valence-corrected chi connectivity index (χ0v) is 17.5. The van der Waals surface area contributed by atoms with Gasteiger partial charge in [0.05, 0.1) is 18.3 Å². The van der Waals surface area contributed by atoms with Crippen molar-refractivity contribution >= 4 is 0 Å². The predicted octanol–water partition coefficient (Wildman–Crippen LogP) is 4.45. The highest BCUT2D eigenvalue weighted by molar-refractivity contribution is 5.39. The van der Waals surface area contributed by atoms with Gasteiger partial charge in [-0.15, -0.1) is 0 Å². The van der Waals surface area contributed by atoms with Gasteiger partial charge in [0.2, 0.25) is 0 Å². The van der Waals surface area contributed by atoms with Gasteiger partial charge in [0.25, 0.3) is 0 Å². The van der Waals surface area contributed by atoms with E-state index in [-0.39, 0.29) is 6.10 Å². The molecule has 0 amide bonds. The number of allylic oxidation sites excluding steroid dienone is 4. The van der Waals surface area contributed by atoms with Crippen molar-refractivity contribution in [2.24, 2.45) is 29.1 Å². The molecule has 7 atom stereocenters. The maximum Gasteiger partial charge on any atom is 0.0811 e. The van der Waals surface area contributed by atoms with Gasteiger partial charge in [-0.2, -0.15) is 0 Å². The van der Waals surface area contributed by atoms with Gasteiger partial charge >= 0.3 is 0 Å². The molecule has 0 aromatic rings. The minimum absolute atomic E-state index is 0.216. The van der Waals surface area contributed by atoms with Crippen molar-refractivity contribution < 1.29 is 15.3 Å². The Labute approximate surface area is 174 Å². The summed E-state index contributed by atoms with van der Waals surface area (Å²) in [7, 11) is 0. The Morgan fingerprint density at radius 2 is 1.93 bits per heavy atom. The second-order valence-electron chi connectivity index (χ2n) is 10.5. The number of aliphatic hydroxyl groups is 3. The standard InChI is InChI=1S/C26H36O3/c1-16-19(13-21(27)14-25(16)29)7-4-17-3-2-12-26-15-20(23(26)10-9-22(17)26)8-11-24(28)18-5-6-18/h4,7-8,11,18,20-25,27-29H,1-3,5-6,9-10,12-15H2/b11-8+,17-4+,19-7+/t20-,21+,22-,23+,24?,25-,26+/m0/s1. The Bertz CT molecular complexity index is 758. The molecule has 0 bridgehead atoms. The van der Waals surface area contributed by atoms with Crippen molar-refractivity contribution in [3.05, 3.63) is 47.6 Å². The van der Waals surface area contributed by atoms with Crippen LogP contribution >= 0.6 is 0 Å². The van der Waals surface area contributed by atoms with Gasteiger partial charge in [-0.3, -0.25) is 0 Å². The van der Waals surface area contributed by atoms with Gasteiger partial charge < -0.3 is 15.3 Å². The summed E-state index contributed by atoms with van der Waals surface area (Å²) >= 11 is 0. The van der Waals surface area contributed by atoms with Gasteiger partial charge in [0.1, 0.15) is 0 Å². The summed E-state index contributed by atoms with van der Waals surface area (Å²) < 4.78 is 0. The van der Waals surface area contributed by atoms with Crippen LogP contribution in [0.15, 0.2) is 47.6 Å². The molecule has 0 aliphatic heterocycles. The lowest BCUT2D eigenvalue weighted by Gasteiger charge is -2.56. The average Bonchev–Trinajstić information content (AvgIpc) is 3.48. The van der Waals surface area contributed by atoms with Crippen LogP contribution in [-0.4, -0.2) is 33.6 Å². The maximum atomic E-state index is 10.2. The topological polar surface area (TPSA) is 60.7 Å². The molecule has 1 spiro atoms. The molecule has 5 aliphatic carbocycles. The molecular formula is C26H36O3. The molecule has 0 saturated heterocycles. The molecule has 0 aromatic heterocycles. The average molecular weight is 397 g/mol. The van der Waals surface area contributed by atoms with Gasteiger partial charge in [-0.25, -0.2) is 0 Å². The molecule has 5 aliphatic rings. The van der Waals surface area contributed by atoms with E-state index in [0.29, 0.717) is 36.0 Å². The van der Waals surface area contributed by atoms with E-state index >= 15 is 0 Å². The van der Waals surface area contributed by atoms with Crippen LogP contribution in [0.3, 0.4) is 0 Å². The zero-order chi connectivity index (χ0) is 20.2. The molecule has 3 nitrogen and oxygen atoms in total. The number of hydrogen-bond donors (Lipinski definition) is 3. The van der Waals surface area contributed by atoms with Crippen molar-refractivity contribution in [3.8, 4) is 0 Å². The van der Waals surface area contributed by atoms with E-state index in [1.54, 1.807) is 5.57 Å². The van der Waals surface area contributed by atoms with Crippen LogP contribution in [-0.2, 0) is 0 Å². The number of rotatable bonds is 4. The van der Waals surface area contributed by atoms with Crippen molar-refractivity contribution in [1.82, 2.24) is 0 Å². The molecule has 29 heavy (non-hydrogen) atoms. The highest BCUT2D eigenvalue weighted by atomic mass is 16.3. The Balaban J connectivity index is 1.29. The Morgan fingerprint density at radius 3 is 2.72 bits per heavy atom. The largest absolute Gasteiger partial charge is 0.393 e. The first kappa shape index (κ1) is 19.8. The van der Waals surface area contributed by atoms with Crippen LogP contribution < -0.4 is 0 Å². The SMILES string of the molecule is C=C1/C(=C/C=C2\CCC[C@]34C[C@H](/C=C/C(O)C5CC5)[C@H]3CC[C@@H]24)C[C@@H](O)C[C@@H]1O. The van der Waals surface area contributed by atoms with Crippen LogP contribution in [0.5, 0.6) is 0 Å². The second kappa shape index (κ2) is 7.51. The van der Waals surface area contributed by atoms with Crippen LogP contribution in [0, 0.1) is 29.1 Å². The van der Waals surface area contributed by atoms with Gasteiger partial charge in [-0.1, -0.05) is 36.5 Å². The van der Waals surface area contributed by atoms with E-state index in [2.05, 4.69) is 30.9 Å². The van der Waals surface area contributed by atoms with E-state index < -0.39 is 12.2 Å². The summed E-state index contributed by atoms with van der Waals surface area (Å²) in [5, 5.41) is 30.3. The summed E-state index contributed by atoms with van der Waals surface area (Å²) in [6, 6.07) is 0. The smallest absolute Gasteiger partial charge is 0.0811 e. The fourth-order valence-electron chi connectivity index (χ4n) is 7.06. The summed E-state index contributed by atoms with van der Waals surface area (Å²) in [5.41, 5.74) is 3.87. The summed E-state index contributed by atoms with van der Waals surface area (Å²) in [5.74, 6) is 2.68. The Kier molecular flexibility index (Phi) is 5.13. The summed E-state index contributed by atoms with van der Waals surface area (Å²) in [6.45, 7) is 4.05. The second-order valence-corrected chi connectivity index (χ2v) is 10.5. The first-order valence-electron chi connectivity index (χ1n) is 11.8. The number of aliphatic hydroxyl groups excluding tert-OH is 3. The highest BCUT2D eigenvalue weighted by Gasteiger charge is 2.61. The summed E-state index contributed by atoms with van der Waals surface area (Å²) in [4.78, 5) is 0. The molecule has 3 heteroatoms. The quantitative estimate of drug-likeness (QED) is 0.615. The third-order valence-corrected chi connectivity index (χ3v) is 8.81. The fourth-order valence-corrected chi connectivity index (χ4v) is 7.06. The normalized spacial score (nSPS) is 46.0. The van der Waals surface area contributed by atoms with Crippen LogP contribution in [0.2, 0.25) is 0 Å². The molecular weight excluding hydrogens is 360 g/mol. The predicted molar refractivity (Wildman–Crippen MR) is 115 cm³/mol. The minimum Gasteiger partial charge on any atom is -0.393 e. The summed E-state index contributed by atoms with van der Waals surface area (Å²) in [6.07, 6.45) is 18.7. The van der Waals surface area contributed by atoms with Crippen molar-refractivity contribution in [3.63, 3.8) is 0 Å². The van der Waals surface area contributed by atoms with Crippen LogP contribution in [0.25, 0.3) is 0 Å². The van der Waals surface area contributed by atoms with E-state index in [4.69, 9.17) is 0 Å². The monoisotopic (exact) mass is 396 g/mol. The number of hydrogen-bond acceptors (Lipinski definition) is 3. The fraction of sp³-hybridized carbons (Fsp3) is 0.692. The van der Waals surface area contributed by atoms with E-state index in [1.807, 2.05) is 0 Å². The van der Waals surface area contributed by atoms with Gasteiger partial charge in [0, 0.05) is 6.42 Å². The van der Waals surface area contributed by atoms with Crippen molar-refractivity contribution in [1.29, 1.82) is 0 Å². The third-order valence-electron chi connectivity index (χ3n) is 8.81. The lowest BCUT2D eigenvalue weighted by atomic mass is 9.48. The molecule has 3 N–H and O–H groups in total. The molecule has 0 heterocycles. The lowest BCUT2D eigenvalue weighted by molar-refractivity contribution is -0.0348. The van der Waals surface area contributed by atoms with E-state index in [1.165, 1.54) is 51.4 Å². The Morgan fingerprint density at radius 1 is 1.10 bits per heavy atom. The maximum absolute atomic E-state index is 10.2. The first-order valence-corrected chi connectivity index (χ1v) is 11.8. The zero-order valence-electron chi connectivity index (χ0n) is 17.5. The molecule has 0 aromatic carbocycles. The van der Waals surface area contributed by atoms with Crippen molar-refractivity contribution in [2.75, 3.05) is 0 Å². The molecule has 5 rings (SSSR count). The molecule has 158 valence electrons. The van der Waals surface area contributed by atoms with E-state index in [0.717, 1.165) is 17.1 Å². The van der Waals surface area contributed by atoms with Crippen LogP contribution in [0.1, 0.15) is 64.2 Å². The van der Waals surface area contributed by atoms with Gasteiger partial charge in [-0.05, 0) is 98.0 Å².